The predicted octanol–water partition coefficient (Wildman–Crippen LogP) is 4.00. The zero-order chi connectivity index (χ0) is 17.2. The van der Waals surface area contributed by atoms with Gasteiger partial charge in [-0.15, -0.1) is 0 Å². The second-order valence-electron chi connectivity index (χ2n) is 5.47. The van der Waals surface area contributed by atoms with Gasteiger partial charge in [-0.3, -0.25) is 4.98 Å². The molecule has 0 saturated heterocycles. The van der Waals surface area contributed by atoms with E-state index in [0.717, 1.165) is 33.4 Å². The Labute approximate surface area is 144 Å². The molecule has 4 rings (SSSR count). The highest BCUT2D eigenvalue weighted by Gasteiger charge is 2.15. The van der Waals surface area contributed by atoms with E-state index in [0.29, 0.717) is 11.6 Å². The zero-order valence-corrected chi connectivity index (χ0v) is 13.9. The summed E-state index contributed by atoms with van der Waals surface area (Å²) in [5.41, 5.74) is 3.54. The maximum Gasteiger partial charge on any atom is 0.163 e. The van der Waals surface area contributed by atoms with Crippen molar-refractivity contribution < 1.29 is 9.15 Å². The molecular formula is C19H16N4O2. The Kier molecular flexibility index (Phi) is 3.78. The summed E-state index contributed by atoms with van der Waals surface area (Å²) < 4.78 is 10.8. The number of nitrogens with zero attached hydrogens (tertiary/aromatic N) is 3. The first-order chi connectivity index (χ1) is 12.3. The second kappa shape index (κ2) is 6.24. The predicted molar refractivity (Wildman–Crippen MR) is 96.6 cm³/mol. The largest absolute Gasteiger partial charge is 0.494 e. The molecule has 0 atom stereocenters. The van der Waals surface area contributed by atoms with E-state index < -0.39 is 0 Å². The maximum atomic E-state index is 5.59. The molecule has 0 aliphatic rings. The SMILES string of the molecule is CNc1nc(-c2cccnc2)nc2c(OC)cc(-c3ccoc3)cc12. The normalized spacial score (nSPS) is 10.8. The molecule has 3 heterocycles. The lowest BCUT2D eigenvalue weighted by Gasteiger charge is -2.12. The first kappa shape index (κ1) is 15.1. The van der Waals surface area contributed by atoms with Gasteiger partial charge in [0, 0.05) is 36.0 Å². The van der Waals surface area contributed by atoms with Gasteiger partial charge in [-0.2, -0.15) is 0 Å². The van der Waals surface area contributed by atoms with E-state index >= 15 is 0 Å². The van der Waals surface area contributed by atoms with Crippen molar-refractivity contribution in [3.8, 4) is 28.3 Å². The number of rotatable bonds is 4. The molecule has 1 aromatic carbocycles. The van der Waals surface area contributed by atoms with Crippen LogP contribution in [0.4, 0.5) is 5.82 Å². The van der Waals surface area contributed by atoms with Crippen LogP contribution in [0.15, 0.2) is 59.7 Å². The third-order valence-electron chi connectivity index (χ3n) is 4.00. The summed E-state index contributed by atoms with van der Waals surface area (Å²) in [6.45, 7) is 0. The number of hydrogen-bond donors (Lipinski definition) is 1. The molecule has 0 spiro atoms. The number of aromatic nitrogens is 3. The van der Waals surface area contributed by atoms with Gasteiger partial charge in [0.2, 0.25) is 0 Å². The molecule has 0 unspecified atom stereocenters. The quantitative estimate of drug-likeness (QED) is 0.609. The number of furan rings is 1. The Bertz CT molecular complexity index is 1010. The Balaban J connectivity index is 1.99. The smallest absolute Gasteiger partial charge is 0.163 e. The first-order valence-corrected chi connectivity index (χ1v) is 7.80. The minimum absolute atomic E-state index is 0.597. The van der Waals surface area contributed by atoms with Crippen LogP contribution in [0, 0.1) is 0 Å². The number of methoxy groups -OCH3 is 1. The minimum atomic E-state index is 0.597. The van der Waals surface area contributed by atoms with Crippen molar-refractivity contribution in [3.63, 3.8) is 0 Å². The average molecular weight is 332 g/mol. The van der Waals surface area contributed by atoms with E-state index in [1.807, 2.05) is 37.4 Å². The summed E-state index contributed by atoms with van der Waals surface area (Å²) in [4.78, 5) is 13.5. The Morgan fingerprint density at radius 2 is 2.00 bits per heavy atom. The maximum absolute atomic E-state index is 5.59. The molecule has 0 aliphatic heterocycles. The van der Waals surface area contributed by atoms with Gasteiger partial charge in [0.25, 0.3) is 0 Å². The number of fused-ring (bicyclic) bond motifs is 1. The number of benzene rings is 1. The van der Waals surface area contributed by atoms with Crippen molar-refractivity contribution in [2.75, 3.05) is 19.5 Å². The number of hydrogen-bond acceptors (Lipinski definition) is 6. The number of nitrogens with one attached hydrogen (secondary N) is 1. The van der Waals surface area contributed by atoms with Gasteiger partial charge < -0.3 is 14.5 Å². The molecule has 6 heteroatoms. The highest BCUT2D eigenvalue weighted by Crippen LogP contribution is 2.35. The van der Waals surface area contributed by atoms with E-state index in [4.69, 9.17) is 14.1 Å². The Morgan fingerprint density at radius 1 is 1.08 bits per heavy atom. The summed E-state index contributed by atoms with van der Waals surface area (Å²) in [6, 6.07) is 9.68. The topological polar surface area (TPSA) is 73.1 Å². The molecule has 6 nitrogen and oxygen atoms in total. The fraction of sp³-hybridized carbons (Fsp3) is 0.105. The van der Waals surface area contributed by atoms with Crippen molar-refractivity contribution in [3.05, 3.63) is 55.3 Å². The van der Waals surface area contributed by atoms with Crippen LogP contribution in [-0.4, -0.2) is 29.1 Å². The highest BCUT2D eigenvalue weighted by atomic mass is 16.5. The molecule has 25 heavy (non-hydrogen) atoms. The van der Waals surface area contributed by atoms with Gasteiger partial charge in [0.15, 0.2) is 5.82 Å². The van der Waals surface area contributed by atoms with Gasteiger partial charge in [0.05, 0.1) is 19.6 Å². The van der Waals surface area contributed by atoms with Crippen LogP contribution in [0.2, 0.25) is 0 Å². The van der Waals surface area contributed by atoms with Crippen molar-refractivity contribution in [2.24, 2.45) is 0 Å². The Morgan fingerprint density at radius 3 is 2.68 bits per heavy atom. The summed E-state index contributed by atoms with van der Waals surface area (Å²) in [7, 11) is 3.48. The monoisotopic (exact) mass is 332 g/mol. The number of pyridine rings is 1. The molecule has 0 aliphatic carbocycles. The standard InChI is InChI=1S/C19H16N4O2/c1-20-19-15-8-14(13-5-7-25-11-13)9-16(24-2)17(15)22-18(23-19)12-4-3-6-21-10-12/h3-11H,1-2H3,(H,20,22,23). The summed E-state index contributed by atoms with van der Waals surface area (Å²) >= 11 is 0. The lowest BCUT2D eigenvalue weighted by molar-refractivity contribution is 0.419. The Hall–Kier alpha value is -3.41. The minimum Gasteiger partial charge on any atom is -0.494 e. The summed E-state index contributed by atoms with van der Waals surface area (Å²) in [5, 5.41) is 4.03. The van der Waals surface area contributed by atoms with Crippen LogP contribution >= 0.6 is 0 Å². The van der Waals surface area contributed by atoms with Crippen molar-refractivity contribution >= 4 is 16.7 Å². The molecule has 0 saturated carbocycles. The van der Waals surface area contributed by atoms with Crippen molar-refractivity contribution in [2.45, 2.75) is 0 Å². The molecule has 124 valence electrons. The lowest BCUT2D eigenvalue weighted by atomic mass is 10.0. The van der Waals surface area contributed by atoms with E-state index in [1.165, 1.54) is 0 Å². The third-order valence-corrected chi connectivity index (χ3v) is 4.00. The van der Waals surface area contributed by atoms with Crippen molar-refractivity contribution in [1.29, 1.82) is 0 Å². The zero-order valence-electron chi connectivity index (χ0n) is 13.9. The molecule has 0 radical (unpaired) electrons. The average Bonchev–Trinajstić information content (AvgIpc) is 3.21. The van der Waals surface area contributed by atoms with E-state index in [2.05, 4.69) is 15.3 Å². The molecule has 3 aromatic heterocycles. The van der Waals surface area contributed by atoms with Crippen LogP contribution < -0.4 is 10.1 Å². The molecular weight excluding hydrogens is 316 g/mol. The fourth-order valence-electron chi connectivity index (χ4n) is 2.77. The first-order valence-electron chi connectivity index (χ1n) is 7.80. The fourth-order valence-corrected chi connectivity index (χ4v) is 2.77. The molecule has 0 bridgehead atoms. The number of anilines is 1. The van der Waals surface area contributed by atoms with Gasteiger partial charge in [0.1, 0.15) is 17.1 Å². The number of ether oxygens (including phenoxy) is 1. The van der Waals surface area contributed by atoms with Crippen LogP contribution in [-0.2, 0) is 0 Å². The van der Waals surface area contributed by atoms with Gasteiger partial charge in [-0.1, -0.05) is 0 Å². The second-order valence-corrected chi connectivity index (χ2v) is 5.47. The summed E-state index contributed by atoms with van der Waals surface area (Å²) in [6.07, 6.45) is 6.81. The highest BCUT2D eigenvalue weighted by molar-refractivity contribution is 5.97. The summed E-state index contributed by atoms with van der Waals surface area (Å²) in [5.74, 6) is 2.00. The van der Waals surface area contributed by atoms with Crippen LogP contribution in [0.3, 0.4) is 0 Å². The van der Waals surface area contributed by atoms with E-state index in [9.17, 15) is 0 Å². The van der Waals surface area contributed by atoms with Gasteiger partial charge in [-0.25, -0.2) is 9.97 Å². The van der Waals surface area contributed by atoms with Gasteiger partial charge in [-0.05, 0) is 35.9 Å². The van der Waals surface area contributed by atoms with Crippen molar-refractivity contribution in [1.82, 2.24) is 15.0 Å². The van der Waals surface area contributed by atoms with E-state index in [-0.39, 0.29) is 0 Å². The molecule has 4 aromatic rings. The van der Waals surface area contributed by atoms with Gasteiger partial charge >= 0.3 is 0 Å². The lowest BCUT2D eigenvalue weighted by Crippen LogP contribution is -2.00. The molecule has 1 N–H and O–H groups in total. The van der Waals surface area contributed by atoms with E-state index in [1.54, 1.807) is 32.0 Å². The molecule has 0 fully saturated rings. The van der Waals surface area contributed by atoms with Crippen LogP contribution in [0.1, 0.15) is 0 Å². The molecule has 0 amide bonds. The van der Waals surface area contributed by atoms with Crippen LogP contribution in [0.5, 0.6) is 5.75 Å². The van der Waals surface area contributed by atoms with Crippen LogP contribution in [0.25, 0.3) is 33.4 Å². The third kappa shape index (κ3) is 2.67.